The number of nitrogens with zero attached hydrogens (tertiary/aromatic N) is 1. The number of hydrogen-bond donors (Lipinski definition) is 0. The van der Waals surface area contributed by atoms with Gasteiger partial charge in [0, 0.05) is 6.54 Å². The first kappa shape index (κ1) is 15.1. The molecule has 7 nitrogen and oxygen atoms in total. The molecule has 0 aromatic rings. The van der Waals surface area contributed by atoms with Crippen molar-refractivity contribution < 1.29 is 26.9 Å². The summed E-state index contributed by atoms with van der Waals surface area (Å²) < 4.78 is 30.7. The van der Waals surface area contributed by atoms with Crippen LogP contribution in [0.4, 0.5) is 0 Å². The maximum absolute atomic E-state index is 11.3. The number of morpholine rings is 1. The quantitative estimate of drug-likeness (QED) is 0.355. The van der Waals surface area contributed by atoms with Gasteiger partial charge in [-0.2, -0.15) is 8.42 Å². The van der Waals surface area contributed by atoms with Crippen LogP contribution in [0.1, 0.15) is 19.3 Å². The lowest BCUT2D eigenvalue weighted by Gasteiger charge is -2.24. The lowest BCUT2D eigenvalue weighted by molar-refractivity contribution is -0.158. The van der Waals surface area contributed by atoms with Crippen LogP contribution in [0.3, 0.4) is 0 Å². The average molecular weight is 279 g/mol. The molecule has 0 radical (unpaired) electrons. The maximum Gasteiger partial charge on any atom is 0.264 e. The summed E-state index contributed by atoms with van der Waals surface area (Å²) in [7, 11) is -3.38. The molecule has 18 heavy (non-hydrogen) atoms. The molecule has 0 spiro atoms. The summed E-state index contributed by atoms with van der Waals surface area (Å²) in [4.78, 5) is 23.8. The van der Waals surface area contributed by atoms with Gasteiger partial charge in [-0.25, -0.2) is 0 Å². The van der Waals surface area contributed by atoms with Gasteiger partial charge in [0.1, 0.15) is 13.2 Å². The van der Waals surface area contributed by atoms with Crippen LogP contribution < -0.4 is 0 Å². The van der Waals surface area contributed by atoms with Crippen LogP contribution >= 0.6 is 0 Å². The van der Waals surface area contributed by atoms with Gasteiger partial charge in [0.15, 0.2) is 0 Å². The average Bonchev–Trinajstić information content (AvgIpc) is 2.25. The Morgan fingerprint density at radius 2 is 1.78 bits per heavy atom. The van der Waals surface area contributed by atoms with Crippen molar-refractivity contribution in [2.24, 2.45) is 0 Å². The van der Waals surface area contributed by atoms with Gasteiger partial charge < -0.3 is 4.74 Å². The number of rotatable bonds is 7. The van der Waals surface area contributed by atoms with Crippen LogP contribution in [0, 0.1) is 0 Å². The molecule has 1 saturated heterocycles. The Morgan fingerprint density at radius 3 is 2.33 bits per heavy atom. The number of hydrogen-bond acceptors (Lipinski definition) is 6. The fraction of sp³-hybridized carbons (Fsp3) is 0.800. The molecule has 1 heterocycles. The predicted molar refractivity (Wildman–Crippen MR) is 62.2 cm³/mol. The summed E-state index contributed by atoms with van der Waals surface area (Å²) in [6, 6.07) is 0. The highest BCUT2D eigenvalue weighted by molar-refractivity contribution is 7.85. The zero-order chi connectivity index (χ0) is 13.6. The number of imide groups is 1. The van der Waals surface area contributed by atoms with Crippen LogP contribution in [0.5, 0.6) is 0 Å². The van der Waals surface area contributed by atoms with Crippen molar-refractivity contribution in [3.05, 3.63) is 0 Å². The summed E-state index contributed by atoms with van der Waals surface area (Å²) in [6.07, 6.45) is 2.88. The highest BCUT2D eigenvalue weighted by atomic mass is 32.2. The Bertz CT molecular complexity index is 389. The van der Waals surface area contributed by atoms with Gasteiger partial charge in [0.2, 0.25) is 0 Å². The van der Waals surface area contributed by atoms with E-state index in [9.17, 15) is 18.0 Å². The molecule has 1 rings (SSSR count). The molecule has 8 heteroatoms. The predicted octanol–water partition coefficient (Wildman–Crippen LogP) is -0.482. The van der Waals surface area contributed by atoms with E-state index >= 15 is 0 Å². The molecule has 1 fully saturated rings. The van der Waals surface area contributed by atoms with E-state index in [1.807, 2.05) is 0 Å². The lowest BCUT2D eigenvalue weighted by Crippen LogP contribution is -2.46. The van der Waals surface area contributed by atoms with E-state index < -0.39 is 10.1 Å². The van der Waals surface area contributed by atoms with Gasteiger partial charge in [0.25, 0.3) is 21.9 Å². The number of carbonyl (C=O) groups is 2. The van der Waals surface area contributed by atoms with Crippen molar-refractivity contribution in [1.82, 2.24) is 4.90 Å². The van der Waals surface area contributed by atoms with Crippen LogP contribution in [-0.4, -0.2) is 57.8 Å². The topological polar surface area (TPSA) is 90.0 Å². The highest BCUT2D eigenvalue weighted by Crippen LogP contribution is 2.05. The van der Waals surface area contributed by atoms with Crippen molar-refractivity contribution in [3.63, 3.8) is 0 Å². The first-order valence-electron chi connectivity index (χ1n) is 5.65. The van der Waals surface area contributed by atoms with Gasteiger partial charge in [-0.1, -0.05) is 0 Å². The molecule has 0 saturated carbocycles. The van der Waals surface area contributed by atoms with Gasteiger partial charge in [-0.3, -0.25) is 18.7 Å². The van der Waals surface area contributed by atoms with E-state index in [0.717, 1.165) is 6.26 Å². The van der Waals surface area contributed by atoms with E-state index in [0.29, 0.717) is 25.8 Å². The molecule has 1 aliphatic rings. The summed E-state index contributed by atoms with van der Waals surface area (Å²) in [5.74, 6) is -0.641. The molecule has 0 aliphatic carbocycles. The summed E-state index contributed by atoms with van der Waals surface area (Å²) in [6.45, 7) is 0.371. The van der Waals surface area contributed by atoms with Crippen LogP contribution in [0.2, 0.25) is 0 Å². The van der Waals surface area contributed by atoms with Crippen molar-refractivity contribution in [2.45, 2.75) is 19.3 Å². The molecule has 0 bridgehead atoms. The van der Waals surface area contributed by atoms with E-state index in [1.165, 1.54) is 4.90 Å². The van der Waals surface area contributed by atoms with Gasteiger partial charge >= 0.3 is 0 Å². The van der Waals surface area contributed by atoms with E-state index in [1.54, 1.807) is 0 Å². The minimum atomic E-state index is -3.38. The Morgan fingerprint density at radius 1 is 1.17 bits per heavy atom. The Hall–Kier alpha value is -0.990. The summed E-state index contributed by atoms with van der Waals surface area (Å²) >= 11 is 0. The standard InChI is InChI=1S/C10H17NO6S/c1-18(14,15)17-6-4-2-3-5-11-9(12)7-16-8-10(11)13/h2-8H2,1H3. The van der Waals surface area contributed by atoms with Crippen LogP contribution in [0.15, 0.2) is 0 Å². The fourth-order valence-electron chi connectivity index (χ4n) is 1.53. The molecular weight excluding hydrogens is 262 g/mol. The Balaban J connectivity index is 2.14. The zero-order valence-electron chi connectivity index (χ0n) is 10.3. The van der Waals surface area contributed by atoms with E-state index in [4.69, 9.17) is 4.74 Å². The second-order valence-corrected chi connectivity index (χ2v) is 5.66. The van der Waals surface area contributed by atoms with E-state index in [-0.39, 0.29) is 31.6 Å². The Kier molecular flexibility index (Phi) is 5.70. The maximum atomic E-state index is 11.3. The summed E-state index contributed by atoms with van der Waals surface area (Å²) in [5.41, 5.74) is 0. The van der Waals surface area contributed by atoms with Crippen LogP contribution in [-0.2, 0) is 28.6 Å². The molecule has 2 amide bonds. The lowest BCUT2D eigenvalue weighted by atomic mass is 10.2. The zero-order valence-corrected chi connectivity index (χ0v) is 11.1. The minimum absolute atomic E-state index is 0.0526. The first-order chi connectivity index (χ1) is 8.40. The molecule has 0 aromatic carbocycles. The number of ether oxygens (including phenoxy) is 1. The molecule has 0 atom stereocenters. The van der Waals surface area contributed by atoms with Crippen LogP contribution in [0.25, 0.3) is 0 Å². The fourth-order valence-corrected chi connectivity index (χ4v) is 1.95. The van der Waals surface area contributed by atoms with Crippen molar-refractivity contribution in [1.29, 1.82) is 0 Å². The van der Waals surface area contributed by atoms with Gasteiger partial charge in [-0.15, -0.1) is 0 Å². The van der Waals surface area contributed by atoms with Crippen molar-refractivity contribution in [3.8, 4) is 0 Å². The largest absolute Gasteiger partial charge is 0.362 e. The van der Waals surface area contributed by atoms with Gasteiger partial charge in [-0.05, 0) is 19.3 Å². The molecular formula is C10H17NO6S. The van der Waals surface area contributed by atoms with E-state index in [2.05, 4.69) is 4.18 Å². The monoisotopic (exact) mass is 279 g/mol. The number of carbonyl (C=O) groups excluding carboxylic acids is 2. The number of unbranched alkanes of at least 4 members (excludes halogenated alkanes) is 2. The SMILES string of the molecule is CS(=O)(=O)OCCCCCN1C(=O)COCC1=O. The molecule has 0 aromatic heterocycles. The highest BCUT2D eigenvalue weighted by Gasteiger charge is 2.25. The molecule has 1 aliphatic heterocycles. The normalized spacial score (nSPS) is 17.3. The third-order valence-corrected chi connectivity index (χ3v) is 2.97. The second kappa shape index (κ2) is 6.81. The summed E-state index contributed by atoms with van der Waals surface area (Å²) in [5, 5.41) is 0. The van der Waals surface area contributed by atoms with Gasteiger partial charge in [0.05, 0.1) is 12.9 Å². The minimum Gasteiger partial charge on any atom is -0.362 e. The Labute approximate surface area is 106 Å². The number of amides is 2. The third kappa shape index (κ3) is 5.56. The first-order valence-corrected chi connectivity index (χ1v) is 7.47. The second-order valence-electron chi connectivity index (χ2n) is 4.02. The van der Waals surface area contributed by atoms with Crippen molar-refractivity contribution >= 4 is 21.9 Å². The third-order valence-electron chi connectivity index (χ3n) is 2.38. The molecule has 104 valence electrons. The molecule has 0 N–H and O–H groups in total. The molecule has 0 unspecified atom stereocenters. The smallest absolute Gasteiger partial charge is 0.264 e. The van der Waals surface area contributed by atoms with Crippen molar-refractivity contribution in [2.75, 3.05) is 32.6 Å².